The van der Waals surface area contributed by atoms with Crippen molar-refractivity contribution < 1.29 is 0 Å². The Morgan fingerprint density at radius 2 is 2.11 bits per heavy atom. The van der Waals surface area contributed by atoms with Crippen molar-refractivity contribution in [3.8, 4) is 0 Å². The van der Waals surface area contributed by atoms with Crippen LogP contribution in [-0.2, 0) is 0 Å². The van der Waals surface area contributed by atoms with Gasteiger partial charge < -0.3 is 5.73 Å². The number of likely N-dealkylation sites (N-methyl/N-ethyl adjacent to an activating group) is 2. The third kappa shape index (κ3) is 3.32. The van der Waals surface area contributed by atoms with Gasteiger partial charge in [-0.25, -0.2) is 0 Å². The van der Waals surface area contributed by atoms with Crippen LogP contribution in [-0.4, -0.2) is 54.6 Å². The fourth-order valence-electron chi connectivity index (χ4n) is 4.35. The SMILES string of the molecule is CCN1CCCC1CN(C)C1(CN)CCCC(C)C1. The zero-order valence-electron chi connectivity index (χ0n) is 13.2. The van der Waals surface area contributed by atoms with E-state index < -0.39 is 0 Å². The fourth-order valence-corrected chi connectivity index (χ4v) is 4.35. The van der Waals surface area contributed by atoms with Crippen molar-refractivity contribution in [3.63, 3.8) is 0 Å². The molecule has 2 aliphatic rings. The minimum absolute atomic E-state index is 0.277. The molecule has 0 aromatic heterocycles. The zero-order valence-corrected chi connectivity index (χ0v) is 13.2. The smallest absolute Gasteiger partial charge is 0.0331 e. The molecule has 3 unspecified atom stereocenters. The molecule has 1 saturated heterocycles. The van der Waals surface area contributed by atoms with Crippen molar-refractivity contribution in [2.45, 2.75) is 64.0 Å². The molecule has 1 aliphatic heterocycles. The third-order valence-electron chi connectivity index (χ3n) is 5.65. The monoisotopic (exact) mass is 267 g/mol. The van der Waals surface area contributed by atoms with Gasteiger partial charge in [-0.3, -0.25) is 9.80 Å². The average molecular weight is 267 g/mol. The van der Waals surface area contributed by atoms with Crippen LogP contribution in [0.15, 0.2) is 0 Å². The maximum atomic E-state index is 6.19. The Bertz CT molecular complexity index is 281. The molecule has 0 aromatic rings. The molecule has 19 heavy (non-hydrogen) atoms. The molecular formula is C16H33N3. The van der Waals surface area contributed by atoms with E-state index in [1.54, 1.807) is 0 Å². The van der Waals surface area contributed by atoms with E-state index in [0.717, 1.165) is 18.5 Å². The van der Waals surface area contributed by atoms with Gasteiger partial charge in [0.05, 0.1) is 0 Å². The highest BCUT2D eigenvalue weighted by atomic mass is 15.3. The maximum Gasteiger partial charge on any atom is 0.0331 e. The Morgan fingerprint density at radius 3 is 2.74 bits per heavy atom. The molecule has 2 N–H and O–H groups in total. The molecule has 1 aliphatic carbocycles. The van der Waals surface area contributed by atoms with E-state index in [2.05, 4.69) is 30.7 Å². The first-order valence-electron chi connectivity index (χ1n) is 8.26. The number of nitrogens with two attached hydrogens (primary N) is 1. The minimum atomic E-state index is 0.277. The van der Waals surface area contributed by atoms with Gasteiger partial charge in [-0.2, -0.15) is 0 Å². The van der Waals surface area contributed by atoms with Gasteiger partial charge in [0.2, 0.25) is 0 Å². The molecule has 3 heteroatoms. The first kappa shape index (κ1) is 15.3. The van der Waals surface area contributed by atoms with Crippen LogP contribution >= 0.6 is 0 Å². The predicted molar refractivity (Wildman–Crippen MR) is 82.3 cm³/mol. The Balaban J connectivity index is 1.98. The van der Waals surface area contributed by atoms with Crippen molar-refractivity contribution in [2.24, 2.45) is 11.7 Å². The molecule has 3 nitrogen and oxygen atoms in total. The number of rotatable bonds is 5. The lowest BCUT2D eigenvalue weighted by Gasteiger charge is -2.47. The third-order valence-corrected chi connectivity index (χ3v) is 5.65. The van der Waals surface area contributed by atoms with Crippen molar-refractivity contribution in [1.29, 1.82) is 0 Å². The zero-order chi connectivity index (χ0) is 13.9. The summed E-state index contributed by atoms with van der Waals surface area (Å²) in [6.45, 7) is 9.21. The van der Waals surface area contributed by atoms with Gasteiger partial charge >= 0.3 is 0 Å². The summed E-state index contributed by atoms with van der Waals surface area (Å²) in [6.07, 6.45) is 8.07. The van der Waals surface area contributed by atoms with Gasteiger partial charge in [0.25, 0.3) is 0 Å². The van der Waals surface area contributed by atoms with Crippen molar-refractivity contribution >= 4 is 0 Å². The summed E-state index contributed by atoms with van der Waals surface area (Å²) >= 11 is 0. The van der Waals surface area contributed by atoms with E-state index >= 15 is 0 Å². The van der Waals surface area contributed by atoms with Gasteiger partial charge in [-0.05, 0) is 51.7 Å². The molecule has 2 fully saturated rings. The summed E-state index contributed by atoms with van der Waals surface area (Å²) in [5.74, 6) is 0.839. The second-order valence-corrected chi connectivity index (χ2v) is 6.94. The molecule has 0 spiro atoms. The van der Waals surface area contributed by atoms with Gasteiger partial charge in [0.1, 0.15) is 0 Å². The number of likely N-dealkylation sites (tertiary alicyclic amines) is 1. The standard InChI is InChI=1S/C16H33N3/c1-4-19-10-6-8-15(19)12-18(3)16(13-17)9-5-7-14(2)11-16/h14-15H,4-13,17H2,1-3H3. The van der Waals surface area contributed by atoms with Crippen LogP contribution in [0.3, 0.4) is 0 Å². The number of hydrogen-bond acceptors (Lipinski definition) is 3. The van der Waals surface area contributed by atoms with Crippen LogP contribution in [0.25, 0.3) is 0 Å². The molecule has 3 atom stereocenters. The topological polar surface area (TPSA) is 32.5 Å². The Kier molecular flexibility index (Phi) is 5.27. The van der Waals surface area contributed by atoms with Crippen molar-refractivity contribution in [2.75, 3.05) is 33.2 Å². The highest BCUT2D eigenvalue weighted by Gasteiger charge is 2.38. The highest BCUT2D eigenvalue weighted by molar-refractivity contribution is 4.96. The second kappa shape index (κ2) is 6.55. The first-order valence-corrected chi connectivity index (χ1v) is 8.26. The minimum Gasteiger partial charge on any atom is -0.329 e. The van der Waals surface area contributed by atoms with Crippen molar-refractivity contribution in [3.05, 3.63) is 0 Å². The van der Waals surface area contributed by atoms with E-state index in [9.17, 15) is 0 Å². The van der Waals surface area contributed by atoms with Gasteiger partial charge in [-0.15, -0.1) is 0 Å². The van der Waals surface area contributed by atoms with Crippen LogP contribution in [0.2, 0.25) is 0 Å². The lowest BCUT2D eigenvalue weighted by atomic mass is 9.75. The average Bonchev–Trinajstić information content (AvgIpc) is 2.85. The van der Waals surface area contributed by atoms with E-state index in [-0.39, 0.29) is 5.54 Å². The summed E-state index contributed by atoms with van der Waals surface area (Å²) in [5, 5.41) is 0. The van der Waals surface area contributed by atoms with Gasteiger partial charge in [-0.1, -0.05) is 26.7 Å². The fraction of sp³-hybridized carbons (Fsp3) is 1.00. The lowest BCUT2D eigenvalue weighted by Crippen LogP contribution is -2.57. The molecule has 0 aromatic carbocycles. The van der Waals surface area contributed by atoms with E-state index in [4.69, 9.17) is 5.73 Å². The van der Waals surface area contributed by atoms with E-state index in [1.807, 2.05) is 0 Å². The van der Waals surface area contributed by atoms with Crippen molar-refractivity contribution in [1.82, 2.24) is 9.80 Å². The maximum absolute atomic E-state index is 6.19. The normalized spacial score (nSPS) is 37.1. The van der Waals surface area contributed by atoms with Crippen LogP contribution < -0.4 is 5.73 Å². The Labute approximate surface area is 119 Å². The summed E-state index contributed by atoms with van der Waals surface area (Å²) in [7, 11) is 2.32. The Morgan fingerprint density at radius 1 is 1.32 bits per heavy atom. The van der Waals surface area contributed by atoms with E-state index in [0.29, 0.717) is 0 Å². The highest BCUT2D eigenvalue weighted by Crippen LogP contribution is 2.36. The van der Waals surface area contributed by atoms with Crippen LogP contribution in [0.5, 0.6) is 0 Å². The van der Waals surface area contributed by atoms with Gasteiger partial charge in [0, 0.05) is 24.7 Å². The van der Waals surface area contributed by atoms with Gasteiger partial charge in [0.15, 0.2) is 0 Å². The first-order chi connectivity index (χ1) is 9.11. The number of nitrogens with zero attached hydrogens (tertiary/aromatic N) is 2. The second-order valence-electron chi connectivity index (χ2n) is 6.94. The molecule has 1 heterocycles. The quantitative estimate of drug-likeness (QED) is 0.829. The molecule has 0 bridgehead atoms. The lowest BCUT2D eigenvalue weighted by molar-refractivity contribution is 0.0422. The Hall–Kier alpha value is -0.120. The molecular weight excluding hydrogens is 234 g/mol. The molecule has 0 radical (unpaired) electrons. The summed E-state index contributed by atoms with van der Waals surface area (Å²) in [4.78, 5) is 5.26. The summed E-state index contributed by atoms with van der Waals surface area (Å²) in [5.41, 5.74) is 6.46. The molecule has 112 valence electrons. The van der Waals surface area contributed by atoms with Crippen LogP contribution in [0, 0.1) is 5.92 Å². The van der Waals surface area contributed by atoms with E-state index in [1.165, 1.54) is 58.2 Å². The molecule has 1 saturated carbocycles. The summed E-state index contributed by atoms with van der Waals surface area (Å²) < 4.78 is 0. The molecule has 2 rings (SSSR count). The summed E-state index contributed by atoms with van der Waals surface area (Å²) in [6, 6.07) is 0.760. The largest absolute Gasteiger partial charge is 0.329 e. The van der Waals surface area contributed by atoms with Crippen LogP contribution in [0.1, 0.15) is 52.4 Å². The predicted octanol–water partition coefficient (Wildman–Crippen LogP) is 2.31. The number of hydrogen-bond donors (Lipinski definition) is 1. The molecule has 0 amide bonds. The van der Waals surface area contributed by atoms with Crippen LogP contribution in [0.4, 0.5) is 0 Å².